The van der Waals surface area contributed by atoms with Crippen LogP contribution >= 0.6 is 11.6 Å². The second kappa shape index (κ2) is 6.87. The lowest BCUT2D eigenvalue weighted by Crippen LogP contribution is -2.42. The van der Waals surface area contributed by atoms with Crippen LogP contribution in [0.1, 0.15) is 13.3 Å². The number of nitrogens with zero attached hydrogens (tertiary/aromatic N) is 2. The molecular formula is C13H13ClFN3O2. The monoisotopic (exact) mass is 297 g/mol. The maximum atomic E-state index is 13.0. The molecule has 20 heavy (non-hydrogen) atoms. The number of nitriles is 1. The maximum Gasteiger partial charge on any atom is 0.313 e. The first kappa shape index (κ1) is 15.9. The van der Waals surface area contributed by atoms with E-state index in [1.165, 1.54) is 13.1 Å². The van der Waals surface area contributed by atoms with Gasteiger partial charge in [0.25, 0.3) is 0 Å². The number of hydrogen-bond donors (Lipinski definition) is 1. The molecular weight excluding hydrogens is 285 g/mol. The van der Waals surface area contributed by atoms with E-state index < -0.39 is 23.7 Å². The number of hydrogen-bond acceptors (Lipinski definition) is 3. The van der Waals surface area contributed by atoms with E-state index in [-0.39, 0.29) is 17.1 Å². The molecule has 0 aliphatic heterocycles. The summed E-state index contributed by atoms with van der Waals surface area (Å²) in [4.78, 5) is 24.7. The molecule has 2 amide bonds. The number of likely N-dealkylation sites (N-methyl/N-ethyl adjacent to an activating group) is 1. The first-order valence-corrected chi connectivity index (χ1v) is 6.14. The molecule has 0 bridgehead atoms. The molecule has 0 aromatic heterocycles. The van der Waals surface area contributed by atoms with Crippen molar-refractivity contribution < 1.29 is 14.0 Å². The van der Waals surface area contributed by atoms with Gasteiger partial charge in [-0.2, -0.15) is 5.26 Å². The smallest absolute Gasteiger partial charge is 0.313 e. The van der Waals surface area contributed by atoms with Gasteiger partial charge in [0.1, 0.15) is 5.82 Å². The quantitative estimate of drug-likeness (QED) is 0.869. The molecule has 0 spiro atoms. The van der Waals surface area contributed by atoms with Crippen molar-refractivity contribution in [2.75, 3.05) is 12.4 Å². The molecule has 1 aromatic carbocycles. The standard InChI is InChI=1S/C13H13ClFN3O2/c1-8(5-6-16)18(2)13(20)12(19)17-11-7-9(15)3-4-10(11)14/h3-4,7-8H,5H2,1-2H3,(H,17,19)/t8-/m1/s1. The Labute approximate surface area is 120 Å². The Hall–Kier alpha value is -2.13. The van der Waals surface area contributed by atoms with Gasteiger partial charge in [0.15, 0.2) is 0 Å². The molecule has 5 nitrogen and oxygen atoms in total. The second-order valence-electron chi connectivity index (χ2n) is 4.21. The minimum atomic E-state index is -0.940. The largest absolute Gasteiger partial charge is 0.334 e. The number of anilines is 1. The molecule has 0 saturated heterocycles. The molecule has 1 N–H and O–H groups in total. The van der Waals surface area contributed by atoms with Crippen LogP contribution in [0.4, 0.5) is 10.1 Å². The summed E-state index contributed by atoms with van der Waals surface area (Å²) in [6, 6.07) is 4.95. The molecule has 0 heterocycles. The maximum absolute atomic E-state index is 13.0. The van der Waals surface area contributed by atoms with E-state index in [4.69, 9.17) is 16.9 Å². The zero-order valence-corrected chi connectivity index (χ0v) is 11.7. The number of halogens is 2. The van der Waals surface area contributed by atoms with Gasteiger partial charge in [0.05, 0.1) is 23.2 Å². The predicted octanol–water partition coefficient (Wildman–Crippen LogP) is 2.18. The highest BCUT2D eigenvalue weighted by Gasteiger charge is 2.23. The molecule has 1 aromatic rings. The third-order valence-electron chi connectivity index (χ3n) is 2.74. The molecule has 0 fully saturated rings. The summed E-state index contributed by atoms with van der Waals surface area (Å²) in [6.45, 7) is 1.64. The Morgan fingerprint density at radius 2 is 2.20 bits per heavy atom. The lowest BCUT2D eigenvalue weighted by molar-refractivity contribution is -0.143. The normalized spacial score (nSPS) is 11.3. The van der Waals surface area contributed by atoms with Gasteiger partial charge < -0.3 is 10.2 Å². The lowest BCUT2D eigenvalue weighted by Gasteiger charge is -2.22. The van der Waals surface area contributed by atoms with Crippen molar-refractivity contribution in [2.24, 2.45) is 0 Å². The van der Waals surface area contributed by atoms with Crippen molar-refractivity contribution in [1.29, 1.82) is 5.26 Å². The molecule has 0 aliphatic rings. The van der Waals surface area contributed by atoms with Crippen LogP contribution < -0.4 is 5.32 Å². The van der Waals surface area contributed by atoms with Gasteiger partial charge in [-0.15, -0.1) is 0 Å². The van der Waals surface area contributed by atoms with Crippen molar-refractivity contribution in [3.05, 3.63) is 29.0 Å². The Morgan fingerprint density at radius 1 is 1.55 bits per heavy atom. The van der Waals surface area contributed by atoms with Gasteiger partial charge in [0.2, 0.25) is 0 Å². The SMILES string of the molecule is C[C@H](CC#N)N(C)C(=O)C(=O)Nc1cc(F)ccc1Cl. The highest BCUT2D eigenvalue weighted by Crippen LogP contribution is 2.22. The van der Waals surface area contributed by atoms with Gasteiger partial charge in [-0.05, 0) is 25.1 Å². The van der Waals surface area contributed by atoms with Gasteiger partial charge in [0, 0.05) is 13.1 Å². The van der Waals surface area contributed by atoms with Crippen LogP contribution in [0.5, 0.6) is 0 Å². The first-order chi connectivity index (χ1) is 9.36. The van der Waals surface area contributed by atoms with Crippen LogP contribution in [0.3, 0.4) is 0 Å². The Balaban J connectivity index is 2.78. The molecule has 0 aliphatic carbocycles. The van der Waals surface area contributed by atoms with Crippen LogP contribution in [0, 0.1) is 17.1 Å². The van der Waals surface area contributed by atoms with E-state index in [0.29, 0.717) is 0 Å². The van der Waals surface area contributed by atoms with Gasteiger partial charge in [-0.25, -0.2) is 4.39 Å². The van der Waals surface area contributed by atoms with E-state index in [2.05, 4.69) is 5.32 Å². The van der Waals surface area contributed by atoms with E-state index >= 15 is 0 Å². The van der Waals surface area contributed by atoms with Crippen LogP contribution in [0.2, 0.25) is 5.02 Å². The van der Waals surface area contributed by atoms with Crippen molar-refractivity contribution in [1.82, 2.24) is 4.90 Å². The molecule has 1 atom stereocenters. The number of rotatable bonds is 3. The summed E-state index contributed by atoms with van der Waals surface area (Å²) in [5, 5.41) is 10.9. The highest BCUT2D eigenvalue weighted by atomic mass is 35.5. The molecule has 7 heteroatoms. The van der Waals surface area contributed by atoms with Crippen LogP contribution in [-0.2, 0) is 9.59 Å². The van der Waals surface area contributed by atoms with Crippen molar-refractivity contribution >= 4 is 29.1 Å². The summed E-state index contributed by atoms with van der Waals surface area (Å²) in [6.07, 6.45) is 0.107. The summed E-state index contributed by atoms with van der Waals surface area (Å²) < 4.78 is 13.0. The van der Waals surface area contributed by atoms with Gasteiger partial charge in [-0.1, -0.05) is 11.6 Å². The van der Waals surface area contributed by atoms with Crippen molar-refractivity contribution in [3.8, 4) is 6.07 Å². The molecule has 106 valence electrons. The van der Waals surface area contributed by atoms with Crippen LogP contribution in [-0.4, -0.2) is 29.8 Å². The number of carbonyl (C=O) groups is 2. The fraction of sp³-hybridized carbons (Fsp3) is 0.308. The third-order valence-corrected chi connectivity index (χ3v) is 3.07. The molecule has 0 radical (unpaired) electrons. The summed E-state index contributed by atoms with van der Waals surface area (Å²) in [5.41, 5.74) is 0.0198. The average molecular weight is 298 g/mol. The fourth-order valence-corrected chi connectivity index (χ4v) is 1.56. The number of carbonyl (C=O) groups excluding carboxylic acids is 2. The van der Waals surface area contributed by atoms with Crippen molar-refractivity contribution in [2.45, 2.75) is 19.4 Å². The number of nitrogens with one attached hydrogen (secondary N) is 1. The van der Waals surface area contributed by atoms with E-state index in [1.54, 1.807) is 6.92 Å². The van der Waals surface area contributed by atoms with Crippen molar-refractivity contribution in [3.63, 3.8) is 0 Å². The molecule has 1 rings (SSSR count). The Bertz CT molecular complexity index is 571. The number of amides is 2. The van der Waals surface area contributed by atoms with Crippen LogP contribution in [0.15, 0.2) is 18.2 Å². The predicted molar refractivity (Wildman–Crippen MR) is 72.5 cm³/mol. The van der Waals surface area contributed by atoms with Gasteiger partial charge in [-0.3, -0.25) is 9.59 Å². The minimum absolute atomic E-state index is 0.0198. The van der Waals surface area contributed by atoms with E-state index in [1.807, 2.05) is 6.07 Å². The average Bonchev–Trinajstić information content (AvgIpc) is 2.41. The number of benzene rings is 1. The zero-order valence-electron chi connectivity index (χ0n) is 11.0. The summed E-state index contributed by atoms with van der Waals surface area (Å²) >= 11 is 5.79. The van der Waals surface area contributed by atoms with Gasteiger partial charge >= 0.3 is 11.8 Å². The third kappa shape index (κ3) is 3.93. The summed E-state index contributed by atoms with van der Waals surface area (Å²) in [7, 11) is 1.41. The second-order valence-corrected chi connectivity index (χ2v) is 4.61. The highest BCUT2D eigenvalue weighted by molar-refractivity contribution is 6.41. The van der Waals surface area contributed by atoms with Crippen LogP contribution in [0.25, 0.3) is 0 Å². The lowest BCUT2D eigenvalue weighted by atomic mass is 10.2. The Morgan fingerprint density at radius 3 is 2.80 bits per heavy atom. The van der Waals surface area contributed by atoms with E-state index in [0.717, 1.165) is 17.0 Å². The Kier molecular flexibility index (Phi) is 5.47. The molecule has 0 unspecified atom stereocenters. The summed E-state index contributed by atoms with van der Waals surface area (Å²) in [5.74, 6) is -2.35. The molecule has 0 saturated carbocycles. The zero-order chi connectivity index (χ0) is 15.3. The topological polar surface area (TPSA) is 73.2 Å². The first-order valence-electron chi connectivity index (χ1n) is 5.77. The van der Waals surface area contributed by atoms with E-state index in [9.17, 15) is 14.0 Å². The fourth-order valence-electron chi connectivity index (χ4n) is 1.40. The minimum Gasteiger partial charge on any atom is -0.334 e.